The zero-order valence-electron chi connectivity index (χ0n) is 17.7. The van der Waals surface area contributed by atoms with Crippen LogP contribution in [-0.2, 0) is 4.79 Å². The predicted octanol–water partition coefficient (Wildman–Crippen LogP) is 4.38. The van der Waals surface area contributed by atoms with E-state index < -0.39 is 6.04 Å². The molecule has 0 radical (unpaired) electrons. The Morgan fingerprint density at radius 1 is 1.23 bits per heavy atom. The van der Waals surface area contributed by atoms with Crippen LogP contribution < -0.4 is 15.4 Å². The first-order chi connectivity index (χ1) is 14.9. The number of carbonyl (C=O) groups is 1. The van der Waals surface area contributed by atoms with Crippen LogP contribution in [0, 0.1) is 13.8 Å². The van der Waals surface area contributed by atoms with Crippen molar-refractivity contribution in [3.8, 4) is 5.75 Å². The van der Waals surface area contributed by atoms with Gasteiger partial charge in [0.2, 0.25) is 5.95 Å². The van der Waals surface area contributed by atoms with Crippen molar-refractivity contribution in [3.05, 3.63) is 68.8 Å². The molecule has 160 valence electrons. The van der Waals surface area contributed by atoms with Gasteiger partial charge >= 0.3 is 0 Å². The Hall–Kier alpha value is -3.20. The number of ether oxygens (including phenoxy) is 1. The minimum Gasteiger partial charge on any atom is -0.494 e. The van der Waals surface area contributed by atoms with Crippen LogP contribution >= 0.6 is 15.9 Å². The summed E-state index contributed by atoms with van der Waals surface area (Å²) < 4.78 is 8.35. The summed E-state index contributed by atoms with van der Waals surface area (Å²) in [4.78, 5) is 13.5. The molecule has 1 unspecified atom stereocenters. The van der Waals surface area contributed by atoms with E-state index in [9.17, 15) is 4.79 Å². The monoisotopic (exact) mass is 482 g/mol. The van der Waals surface area contributed by atoms with Crippen molar-refractivity contribution in [2.75, 3.05) is 17.2 Å². The number of hydrogen-bond acceptors (Lipinski definition) is 6. The van der Waals surface area contributed by atoms with Crippen LogP contribution in [0.2, 0.25) is 0 Å². The first-order valence-corrected chi connectivity index (χ1v) is 10.7. The Morgan fingerprint density at radius 3 is 2.77 bits per heavy atom. The maximum atomic E-state index is 13.5. The molecule has 0 aliphatic carbocycles. The fourth-order valence-corrected chi connectivity index (χ4v) is 4.14. The lowest BCUT2D eigenvalue weighted by Crippen LogP contribution is -2.32. The number of amides is 1. The Balaban J connectivity index is 1.82. The quantitative estimate of drug-likeness (QED) is 0.560. The molecule has 1 atom stereocenters. The molecule has 0 bridgehead atoms. The summed E-state index contributed by atoms with van der Waals surface area (Å²) in [6.07, 6.45) is 0. The molecular formula is C22H23BrN6O2. The van der Waals surface area contributed by atoms with Gasteiger partial charge < -0.3 is 15.4 Å². The van der Waals surface area contributed by atoms with Crippen LogP contribution in [0.4, 0.5) is 11.6 Å². The average Bonchev–Trinajstić information content (AvgIpc) is 3.18. The van der Waals surface area contributed by atoms with Crippen molar-refractivity contribution in [1.82, 2.24) is 20.2 Å². The van der Waals surface area contributed by atoms with Gasteiger partial charge in [-0.25, -0.2) is 0 Å². The number of allylic oxidation sites excluding steroid dienone is 1. The van der Waals surface area contributed by atoms with E-state index in [2.05, 4.69) is 42.1 Å². The lowest BCUT2D eigenvalue weighted by Gasteiger charge is -2.29. The van der Waals surface area contributed by atoms with E-state index in [4.69, 9.17) is 4.74 Å². The summed E-state index contributed by atoms with van der Waals surface area (Å²) in [5.74, 6) is 0.905. The third-order valence-electron chi connectivity index (χ3n) is 5.16. The highest BCUT2D eigenvalue weighted by Gasteiger charge is 2.36. The van der Waals surface area contributed by atoms with Crippen molar-refractivity contribution in [2.24, 2.45) is 0 Å². The number of aromatic nitrogens is 4. The van der Waals surface area contributed by atoms with Crippen LogP contribution in [0.25, 0.3) is 0 Å². The lowest BCUT2D eigenvalue weighted by atomic mass is 9.94. The third-order valence-corrected chi connectivity index (χ3v) is 5.65. The van der Waals surface area contributed by atoms with Gasteiger partial charge in [-0.15, -0.1) is 0 Å². The summed E-state index contributed by atoms with van der Waals surface area (Å²) in [6.45, 7) is 8.26. The molecule has 1 amide bonds. The number of tetrazole rings is 1. The topological polar surface area (TPSA) is 94.0 Å². The first kappa shape index (κ1) is 21.0. The zero-order chi connectivity index (χ0) is 22.1. The Morgan fingerprint density at radius 2 is 2.03 bits per heavy atom. The maximum Gasteiger partial charge on any atom is 0.255 e. The van der Waals surface area contributed by atoms with Crippen LogP contribution in [0.3, 0.4) is 0 Å². The molecule has 3 aromatic rings. The molecule has 1 aromatic heterocycles. The van der Waals surface area contributed by atoms with E-state index in [0.717, 1.165) is 26.9 Å². The van der Waals surface area contributed by atoms with Gasteiger partial charge in [0.05, 0.1) is 12.2 Å². The Bertz CT molecular complexity index is 1190. The van der Waals surface area contributed by atoms with Gasteiger partial charge in [-0.3, -0.25) is 4.79 Å². The number of halogens is 1. The summed E-state index contributed by atoms with van der Waals surface area (Å²) in [7, 11) is 0. The fraction of sp³-hybridized carbons (Fsp3) is 0.273. The molecule has 0 saturated heterocycles. The van der Waals surface area contributed by atoms with E-state index >= 15 is 0 Å². The Labute approximate surface area is 188 Å². The molecule has 4 rings (SSSR count). The van der Waals surface area contributed by atoms with E-state index in [1.54, 1.807) is 4.68 Å². The van der Waals surface area contributed by atoms with E-state index in [1.807, 2.05) is 64.1 Å². The molecule has 0 saturated carbocycles. The number of benzene rings is 2. The molecule has 9 heteroatoms. The fourth-order valence-electron chi connectivity index (χ4n) is 3.76. The second-order valence-electron chi connectivity index (χ2n) is 7.40. The Kier molecular flexibility index (Phi) is 5.77. The van der Waals surface area contributed by atoms with Gasteiger partial charge in [0.1, 0.15) is 11.8 Å². The van der Waals surface area contributed by atoms with Crippen molar-refractivity contribution >= 4 is 33.5 Å². The minimum atomic E-state index is -0.559. The molecule has 0 spiro atoms. The SMILES string of the molecule is CCOc1ccc(Br)cc1C1C(C(=O)Nc2ccc(C)cc2C)=C(C)Nc2nnnn21. The van der Waals surface area contributed by atoms with Gasteiger partial charge in [0.25, 0.3) is 5.91 Å². The standard InChI is InChI=1S/C22H23BrN6O2/c1-5-31-18-9-7-15(23)11-16(18)20-19(14(4)24-22-26-27-28-29(20)22)21(30)25-17-8-6-12(2)10-13(17)3/h6-11,20H,5H2,1-4H3,(H,25,30)(H,24,26,28). The second-order valence-corrected chi connectivity index (χ2v) is 8.32. The molecule has 2 heterocycles. The maximum absolute atomic E-state index is 13.5. The van der Waals surface area contributed by atoms with Crippen molar-refractivity contribution < 1.29 is 9.53 Å². The summed E-state index contributed by atoms with van der Waals surface area (Å²) in [5, 5.41) is 18.2. The number of hydrogen-bond donors (Lipinski definition) is 2. The first-order valence-electron chi connectivity index (χ1n) is 9.95. The van der Waals surface area contributed by atoms with E-state index in [-0.39, 0.29) is 5.91 Å². The highest BCUT2D eigenvalue weighted by atomic mass is 79.9. The van der Waals surface area contributed by atoms with Gasteiger partial charge in [0, 0.05) is 21.4 Å². The lowest BCUT2D eigenvalue weighted by molar-refractivity contribution is -0.113. The predicted molar refractivity (Wildman–Crippen MR) is 122 cm³/mol. The zero-order valence-corrected chi connectivity index (χ0v) is 19.3. The number of rotatable bonds is 5. The summed E-state index contributed by atoms with van der Waals surface area (Å²) >= 11 is 3.54. The molecule has 8 nitrogen and oxygen atoms in total. The van der Waals surface area contributed by atoms with Crippen LogP contribution in [0.5, 0.6) is 5.75 Å². The van der Waals surface area contributed by atoms with E-state index in [0.29, 0.717) is 29.6 Å². The molecule has 1 aliphatic rings. The minimum absolute atomic E-state index is 0.231. The number of carbonyl (C=O) groups excluding carboxylic acids is 1. The van der Waals surface area contributed by atoms with Crippen LogP contribution in [-0.4, -0.2) is 32.7 Å². The highest BCUT2D eigenvalue weighted by Crippen LogP contribution is 2.40. The molecule has 2 aromatic carbocycles. The van der Waals surface area contributed by atoms with Gasteiger partial charge in [-0.2, -0.15) is 4.68 Å². The molecule has 2 N–H and O–H groups in total. The number of anilines is 2. The van der Waals surface area contributed by atoms with Crippen LogP contribution in [0.1, 0.15) is 36.6 Å². The number of nitrogens with one attached hydrogen (secondary N) is 2. The summed E-state index contributed by atoms with van der Waals surface area (Å²) in [5.41, 5.74) is 4.87. The van der Waals surface area contributed by atoms with Crippen molar-refractivity contribution in [1.29, 1.82) is 0 Å². The largest absolute Gasteiger partial charge is 0.494 e. The molecule has 31 heavy (non-hydrogen) atoms. The highest BCUT2D eigenvalue weighted by molar-refractivity contribution is 9.10. The molecule has 0 fully saturated rings. The number of nitrogens with zero attached hydrogens (tertiary/aromatic N) is 4. The van der Waals surface area contributed by atoms with Crippen molar-refractivity contribution in [3.63, 3.8) is 0 Å². The van der Waals surface area contributed by atoms with Crippen LogP contribution in [0.15, 0.2) is 52.1 Å². The number of fused-ring (bicyclic) bond motifs is 1. The average molecular weight is 483 g/mol. The smallest absolute Gasteiger partial charge is 0.255 e. The summed E-state index contributed by atoms with van der Waals surface area (Å²) in [6, 6.07) is 11.1. The van der Waals surface area contributed by atoms with Gasteiger partial charge in [0.15, 0.2) is 0 Å². The van der Waals surface area contributed by atoms with Crippen molar-refractivity contribution in [2.45, 2.75) is 33.7 Å². The van der Waals surface area contributed by atoms with Gasteiger partial charge in [-0.05, 0) is 68.0 Å². The number of aryl methyl sites for hydroxylation is 2. The normalized spacial score (nSPS) is 15.3. The third kappa shape index (κ3) is 4.05. The van der Waals surface area contributed by atoms with E-state index in [1.165, 1.54) is 0 Å². The van der Waals surface area contributed by atoms with Gasteiger partial charge in [-0.1, -0.05) is 38.7 Å². The molecule has 1 aliphatic heterocycles. The molecular weight excluding hydrogens is 460 g/mol. The second kappa shape index (κ2) is 8.50.